The van der Waals surface area contributed by atoms with Gasteiger partial charge >= 0.3 is 5.97 Å². The van der Waals surface area contributed by atoms with Crippen LogP contribution in [0.3, 0.4) is 0 Å². The van der Waals surface area contributed by atoms with E-state index in [4.69, 9.17) is 15.3 Å². The van der Waals surface area contributed by atoms with E-state index in [0.29, 0.717) is 0 Å². The summed E-state index contributed by atoms with van der Waals surface area (Å²) in [5.74, 6) is -1.00. The van der Waals surface area contributed by atoms with Gasteiger partial charge in [-0.1, -0.05) is 18.2 Å². The molecular weight excluding hydrogens is 172 g/mol. The van der Waals surface area contributed by atoms with Gasteiger partial charge in [-0.3, -0.25) is 0 Å². The molecule has 0 amide bonds. The molecule has 13 heavy (non-hydrogen) atoms. The molecule has 3 N–H and O–H groups in total. The summed E-state index contributed by atoms with van der Waals surface area (Å²) in [4.78, 5) is 10.3. The monoisotopic (exact) mass is 186 g/mol. The minimum atomic E-state index is -1.00. The lowest BCUT2D eigenvalue weighted by molar-refractivity contribution is -0.132. The Morgan fingerprint density at radius 2 is 1.92 bits per heavy atom. The maximum atomic E-state index is 10.3. The molecular formula is C9H14O4. The van der Waals surface area contributed by atoms with Crippen molar-refractivity contribution in [1.29, 1.82) is 0 Å². The first kappa shape index (κ1) is 11.9. The molecule has 0 aromatic rings. The number of aliphatic hydroxyl groups is 2. The summed E-state index contributed by atoms with van der Waals surface area (Å²) >= 11 is 0. The van der Waals surface area contributed by atoms with E-state index in [1.54, 1.807) is 0 Å². The van der Waals surface area contributed by atoms with Crippen molar-refractivity contribution in [2.24, 2.45) is 0 Å². The van der Waals surface area contributed by atoms with Crippen LogP contribution in [0.15, 0.2) is 23.8 Å². The smallest absolute Gasteiger partial charge is 0.331 e. The van der Waals surface area contributed by atoms with Crippen LogP contribution < -0.4 is 0 Å². The summed E-state index contributed by atoms with van der Waals surface area (Å²) in [6, 6.07) is 0. The number of rotatable bonds is 4. The third-order valence-corrected chi connectivity index (χ3v) is 1.49. The van der Waals surface area contributed by atoms with Crippen LogP contribution in [0.2, 0.25) is 0 Å². The number of aliphatic carboxylic acids is 1. The largest absolute Gasteiger partial charge is 0.478 e. The van der Waals surface area contributed by atoms with Crippen LogP contribution in [-0.2, 0) is 4.79 Å². The number of carboxylic acids is 1. The number of allylic oxidation sites excluding steroid dienone is 2. The van der Waals surface area contributed by atoms with Gasteiger partial charge < -0.3 is 15.3 Å². The first-order valence-corrected chi connectivity index (χ1v) is 3.89. The van der Waals surface area contributed by atoms with E-state index in [0.717, 1.165) is 0 Å². The zero-order valence-corrected chi connectivity index (χ0v) is 7.64. The quantitative estimate of drug-likeness (QED) is 0.436. The third kappa shape index (κ3) is 5.16. The van der Waals surface area contributed by atoms with Crippen LogP contribution in [0.5, 0.6) is 0 Å². The number of carboxylic acid groups (broad SMARTS) is 1. The summed E-state index contributed by atoms with van der Waals surface area (Å²) in [6.45, 7) is 2.89. The predicted octanol–water partition coefficient (Wildman–Crippen LogP) is 0.315. The summed E-state index contributed by atoms with van der Waals surface area (Å²) in [6.07, 6.45) is 2.28. The van der Waals surface area contributed by atoms with E-state index in [9.17, 15) is 4.79 Å². The number of carbonyl (C=O) groups is 1. The van der Waals surface area contributed by atoms with Crippen molar-refractivity contribution in [1.82, 2.24) is 0 Å². The van der Waals surface area contributed by atoms with Crippen LogP contribution in [0.4, 0.5) is 0 Å². The average molecular weight is 186 g/mol. The van der Waals surface area contributed by atoms with Gasteiger partial charge in [0.2, 0.25) is 0 Å². The maximum Gasteiger partial charge on any atom is 0.331 e. The van der Waals surface area contributed by atoms with Crippen molar-refractivity contribution in [3.63, 3.8) is 0 Å². The van der Waals surface area contributed by atoms with Gasteiger partial charge in [0.05, 0.1) is 12.2 Å². The number of hydrogen-bond donors (Lipinski definition) is 3. The van der Waals surface area contributed by atoms with Gasteiger partial charge in [-0.25, -0.2) is 4.79 Å². The molecule has 0 radical (unpaired) electrons. The Bertz CT molecular complexity index is 228. The molecule has 0 saturated heterocycles. The average Bonchev–Trinajstić information content (AvgIpc) is 2.03. The standard InChI is InChI=1S/C9H14O4/c1-6(9(12)13)4-3-5-8(11)7(2)10/h3-5,7-8,10-11H,1-2H3,(H,12,13)/b5-3+,6-4+. The van der Waals surface area contributed by atoms with Crippen LogP contribution in [0, 0.1) is 0 Å². The van der Waals surface area contributed by atoms with Crippen molar-refractivity contribution in [2.45, 2.75) is 26.1 Å². The molecule has 0 bridgehead atoms. The molecule has 0 aliphatic rings. The summed E-state index contributed by atoms with van der Waals surface area (Å²) in [5.41, 5.74) is 0.175. The van der Waals surface area contributed by atoms with Gasteiger partial charge in [-0.2, -0.15) is 0 Å². The Labute approximate surface area is 76.8 Å². The van der Waals surface area contributed by atoms with Crippen molar-refractivity contribution < 1.29 is 20.1 Å². The molecule has 0 aliphatic carbocycles. The SMILES string of the molecule is C/C(=C\C=C\C(O)C(C)O)C(=O)O. The number of hydrogen-bond acceptors (Lipinski definition) is 3. The highest BCUT2D eigenvalue weighted by atomic mass is 16.4. The highest BCUT2D eigenvalue weighted by Crippen LogP contribution is 1.97. The molecule has 74 valence electrons. The van der Waals surface area contributed by atoms with Gasteiger partial charge in [0.15, 0.2) is 0 Å². The first-order chi connectivity index (χ1) is 5.95. The van der Waals surface area contributed by atoms with Crippen LogP contribution in [-0.4, -0.2) is 33.5 Å². The van der Waals surface area contributed by atoms with Crippen LogP contribution >= 0.6 is 0 Å². The molecule has 0 aliphatic heterocycles. The highest BCUT2D eigenvalue weighted by Gasteiger charge is 2.04. The molecule has 4 nitrogen and oxygen atoms in total. The van der Waals surface area contributed by atoms with E-state index in [-0.39, 0.29) is 5.57 Å². The van der Waals surface area contributed by atoms with Gasteiger partial charge in [0.1, 0.15) is 0 Å². The summed E-state index contributed by atoms with van der Waals surface area (Å²) < 4.78 is 0. The van der Waals surface area contributed by atoms with E-state index >= 15 is 0 Å². The molecule has 0 fully saturated rings. The van der Waals surface area contributed by atoms with E-state index in [1.807, 2.05) is 0 Å². The second kappa shape index (κ2) is 5.50. The Balaban J connectivity index is 4.14. The molecule has 0 rings (SSSR count). The maximum absolute atomic E-state index is 10.3. The lowest BCUT2D eigenvalue weighted by Gasteiger charge is -2.06. The Morgan fingerprint density at radius 1 is 1.38 bits per heavy atom. The molecule has 0 saturated carbocycles. The zero-order chi connectivity index (χ0) is 10.4. The Morgan fingerprint density at radius 3 is 2.31 bits per heavy atom. The Hall–Kier alpha value is -1.13. The predicted molar refractivity (Wildman–Crippen MR) is 48.2 cm³/mol. The van der Waals surface area contributed by atoms with Crippen molar-refractivity contribution >= 4 is 5.97 Å². The fourth-order valence-corrected chi connectivity index (χ4v) is 0.546. The summed E-state index contributed by atoms with van der Waals surface area (Å²) in [5, 5.41) is 26.4. The summed E-state index contributed by atoms with van der Waals surface area (Å²) in [7, 11) is 0. The highest BCUT2D eigenvalue weighted by molar-refractivity contribution is 5.86. The molecule has 2 atom stereocenters. The van der Waals surface area contributed by atoms with E-state index < -0.39 is 18.2 Å². The van der Waals surface area contributed by atoms with Gasteiger partial charge in [0.25, 0.3) is 0 Å². The zero-order valence-electron chi connectivity index (χ0n) is 7.64. The fourth-order valence-electron chi connectivity index (χ4n) is 0.546. The topological polar surface area (TPSA) is 77.8 Å². The molecule has 0 aromatic carbocycles. The van der Waals surface area contributed by atoms with E-state index in [2.05, 4.69) is 0 Å². The van der Waals surface area contributed by atoms with Crippen LogP contribution in [0.1, 0.15) is 13.8 Å². The van der Waals surface area contributed by atoms with E-state index in [1.165, 1.54) is 32.1 Å². The van der Waals surface area contributed by atoms with Crippen molar-refractivity contribution in [3.8, 4) is 0 Å². The molecule has 2 unspecified atom stereocenters. The van der Waals surface area contributed by atoms with Gasteiger partial charge in [0, 0.05) is 5.57 Å². The van der Waals surface area contributed by atoms with Gasteiger partial charge in [-0.15, -0.1) is 0 Å². The number of aliphatic hydroxyl groups excluding tert-OH is 2. The minimum absolute atomic E-state index is 0.175. The minimum Gasteiger partial charge on any atom is -0.478 e. The second-order valence-corrected chi connectivity index (χ2v) is 2.77. The molecule has 0 aromatic heterocycles. The third-order valence-electron chi connectivity index (χ3n) is 1.49. The second-order valence-electron chi connectivity index (χ2n) is 2.77. The van der Waals surface area contributed by atoms with Crippen LogP contribution in [0.25, 0.3) is 0 Å². The normalized spacial score (nSPS) is 17.4. The lowest BCUT2D eigenvalue weighted by Crippen LogP contribution is -2.19. The first-order valence-electron chi connectivity index (χ1n) is 3.89. The molecule has 0 spiro atoms. The molecule has 0 heterocycles. The van der Waals surface area contributed by atoms with Crippen molar-refractivity contribution in [2.75, 3.05) is 0 Å². The lowest BCUT2D eigenvalue weighted by atomic mass is 10.2. The molecule has 4 heteroatoms. The fraction of sp³-hybridized carbons (Fsp3) is 0.444. The van der Waals surface area contributed by atoms with Crippen molar-refractivity contribution in [3.05, 3.63) is 23.8 Å². The Kier molecular flexibility index (Phi) is 5.03. The van der Waals surface area contributed by atoms with Gasteiger partial charge in [-0.05, 0) is 13.8 Å².